The van der Waals surface area contributed by atoms with Gasteiger partial charge in [-0.05, 0) is 6.07 Å². The summed E-state index contributed by atoms with van der Waals surface area (Å²) in [6.07, 6.45) is 0. The van der Waals surface area contributed by atoms with Crippen molar-refractivity contribution in [2.45, 2.75) is 0 Å². The van der Waals surface area contributed by atoms with Gasteiger partial charge < -0.3 is 19.7 Å². The van der Waals surface area contributed by atoms with E-state index < -0.39 is 23.1 Å². The molecule has 0 atom stereocenters. The minimum absolute atomic E-state index is 0.00769. The van der Waals surface area contributed by atoms with Crippen molar-refractivity contribution in [2.75, 3.05) is 14.2 Å². The molecule has 6 heteroatoms. The van der Waals surface area contributed by atoms with E-state index in [1.807, 2.05) is 0 Å². The van der Waals surface area contributed by atoms with Gasteiger partial charge >= 0.3 is 0 Å². The first kappa shape index (κ1) is 12.0. The van der Waals surface area contributed by atoms with Crippen LogP contribution in [-0.4, -0.2) is 36.0 Å². The SMILES string of the molecule is COc1cc(OC)c2c(c1)C(O)=C(O)C(=O)C2=O. The molecule has 1 aliphatic carbocycles. The molecule has 0 radical (unpaired) electrons. The zero-order valence-corrected chi connectivity index (χ0v) is 9.68. The Bertz CT molecular complexity index is 584. The molecule has 18 heavy (non-hydrogen) atoms. The Morgan fingerprint density at radius 1 is 0.944 bits per heavy atom. The first-order chi connectivity index (χ1) is 8.51. The summed E-state index contributed by atoms with van der Waals surface area (Å²) in [6.45, 7) is 0. The number of rotatable bonds is 2. The zero-order chi connectivity index (χ0) is 13.4. The highest BCUT2D eigenvalue weighted by Gasteiger charge is 2.36. The number of carbonyl (C=O) groups is 2. The van der Waals surface area contributed by atoms with E-state index in [2.05, 4.69) is 0 Å². The number of carbonyl (C=O) groups excluding carboxylic acids is 2. The lowest BCUT2D eigenvalue weighted by molar-refractivity contribution is -0.114. The average Bonchev–Trinajstić information content (AvgIpc) is 2.41. The van der Waals surface area contributed by atoms with Gasteiger partial charge in [0.15, 0.2) is 5.76 Å². The van der Waals surface area contributed by atoms with E-state index in [0.29, 0.717) is 5.75 Å². The molecule has 6 nitrogen and oxygen atoms in total. The third kappa shape index (κ3) is 1.50. The molecular weight excluding hydrogens is 240 g/mol. The van der Waals surface area contributed by atoms with Crippen LogP contribution < -0.4 is 9.47 Å². The number of Topliss-reactive ketones (excluding diaryl/α,β-unsaturated/α-hetero) is 2. The molecule has 0 aromatic heterocycles. The monoisotopic (exact) mass is 250 g/mol. The van der Waals surface area contributed by atoms with E-state index in [9.17, 15) is 19.8 Å². The van der Waals surface area contributed by atoms with Crippen molar-refractivity contribution in [3.8, 4) is 11.5 Å². The lowest BCUT2D eigenvalue weighted by Crippen LogP contribution is -2.24. The Hall–Kier alpha value is -2.50. The predicted octanol–water partition coefficient (Wildman–Crippen LogP) is 1.25. The molecule has 0 aliphatic heterocycles. The van der Waals surface area contributed by atoms with Crippen molar-refractivity contribution in [1.82, 2.24) is 0 Å². The van der Waals surface area contributed by atoms with Crippen molar-refractivity contribution in [3.63, 3.8) is 0 Å². The molecular formula is C12H10O6. The van der Waals surface area contributed by atoms with Gasteiger partial charge in [0, 0.05) is 11.6 Å². The second-order valence-corrected chi connectivity index (χ2v) is 3.61. The van der Waals surface area contributed by atoms with Crippen LogP contribution in [0.1, 0.15) is 15.9 Å². The summed E-state index contributed by atoms with van der Waals surface area (Å²) in [5.74, 6) is -3.30. The Morgan fingerprint density at radius 2 is 1.61 bits per heavy atom. The highest BCUT2D eigenvalue weighted by atomic mass is 16.5. The fraction of sp³-hybridized carbons (Fsp3) is 0.167. The van der Waals surface area contributed by atoms with Crippen molar-refractivity contribution in [3.05, 3.63) is 29.0 Å². The number of aliphatic hydroxyl groups excluding tert-OH is 2. The van der Waals surface area contributed by atoms with Gasteiger partial charge in [-0.3, -0.25) is 9.59 Å². The number of ketones is 2. The Kier molecular flexibility index (Phi) is 2.70. The van der Waals surface area contributed by atoms with Crippen LogP contribution in [0.2, 0.25) is 0 Å². The maximum absolute atomic E-state index is 11.8. The smallest absolute Gasteiger partial charge is 0.271 e. The molecule has 0 spiro atoms. The van der Waals surface area contributed by atoms with Crippen LogP contribution in [0.3, 0.4) is 0 Å². The van der Waals surface area contributed by atoms with Gasteiger partial charge in [0.1, 0.15) is 11.5 Å². The highest BCUT2D eigenvalue weighted by Crippen LogP contribution is 2.36. The van der Waals surface area contributed by atoms with E-state index in [0.717, 1.165) is 0 Å². The van der Waals surface area contributed by atoms with Crippen LogP contribution in [0.5, 0.6) is 11.5 Å². The van der Waals surface area contributed by atoms with Gasteiger partial charge in [-0.1, -0.05) is 0 Å². The molecule has 0 unspecified atom stereocenters. The quantitative estimate of drug-likeness (QED) is 0.767. The molecule has 94 valence electrons. The molecule has 0 saturated carbocycles. The first-order valence-corrected chi connectivity index (χ1v) is 4.98. The van der Waals surface area contributed by atoms with E-state index in [4.69, 9.17) is 9.47 Å². The molecule has 1 aromatic carbocycles. The largest absolute Gasteiger partial charge is 0.504 e. The minimum Gasteiger partial charge on any atom is -0.504 e. The number of allylic oxidation sites excluding steroid dienone is 1. The van der Waals surface area contributed by atoms with Crippen LogP contribution in [0.4, 0.5) is 0 Å². The Balaban J connectivity index is 2.81. The minimum atomic E-state index is -1.16. The second-order valence-electron chi connectivity index (χ2n) is 3.61. The summed E-state index contributed by atoms with van der Waals surface area (Å²) in [6, 6.07) is 2.76. The number of fused-ring (bicyclic) bond motifs is 1. The van der Waals surface area contributed by atoms with Crippen LogP contribution in [0, 0.1) is 0 Å². The van der Waals surface area contributed by atoms with Crippen LogP contribution in [-0.2, 0) is 4.79 Å². The number of hydrogen-bond donors (Lipinski definition) is 2. The Labute approximate surface area is 102 Å². The van der Waals surface area contributed by atoms with Crippen molar-refractivity contribution >= 4 is 17.3 Å². The molecule has 0 bridgehead atoms. The van der Waals surface area contributed by atoms with Gasteiger partial charge in [0.05, 0.1) is 19.8 Å². The van der Waals surface area contributed by atoms with Crippen LogP contribution >= 0.6 is 0 Å². The lowest BCUT2D eigenvalue weighted by Gasteiger charge is -2.18. The molecule has 0 fully saturated rings. The van der Waals surface area contributed by atoms with E-state index in [1.165, 1.54) is 26.4 Å². The summed E-state index contributed by atoms with van der Waals surface area (Å²) in [7, 11) is 2.72. The lowest BCUT2D eigenvalue weighted by atomic mass is 9.91. The number of aliphatic hydroxyl groups is 2. The molecule has 0 heterocycles. The van der Waals surface area contributed by atoms with Gasteiger partial charge in [-0.2, -0.15) is 0 Å². The van der Waals surface area contributed by atoms with E-state index in [-0.39, 0.29) is 16.9 Å². The molecule has 2 N–H and O–H groups in total. The third-order valence-corrected chi connectivity index (χ3v) is 2.66. The fourth-order valence-electron chi connectivity index (χ4n) is 1.75. The maximum Gasteiger partial charge on any atom is 0.271 e. The summed E-state index contributed by atoms with van der Waals surface area (Å²) in [5, 5.41) is 19.1. The molecule has 1 aromatic rings. The molecule has 0 amide bonds. The van der Waals surface area contributed by atoms with E-state index in [1.54, 1.807) is 0 Å². The van der Waals surface area contributed by atoms with E-state index >= 15 is 0 Å². The molecule has 2 rings (SSSR count). The topological polar surface area (TPSA) is 93.1 Å². The summed E-state index contributed by atoms with van der Waals surface area (Å²) in [5.41, 5.74) is -0.0769. The number of ether oxygens (including phenoxy) is 2. The maximum atomic E-state index is 11.8. The van der Waals surface area contributed by atoms with Gasteiger partial charge in [-0.15, -0.1) is 0 Å². The average molecular weight is 250 g/mol. The summed E-state index contributed by atoms with van der Waals surface area (Å²) >= 11 is 0. The summed E-state index contributed by atoms with van der Waals surface area (Å²) in [4.78, 5) is 23.2. The molecule has 0 saturated heterocycles. The van der Waals surface area contributed by atoms with Crippen LogP contribution in [0.15, 0.2) is 17.9 Å². The highest BCUT2D eigenvalue weighted by molar-refractivity contribution is 6.52. The van der Waals surface area contributed by atoms with Crippen molar-refractivity contribution in [1.29, 1.82) is 0 Å². The standard InChI is InChI=1S/C12H10O6/c1-17-5-3-6-8(7(4-5)18-2)10(14)12(16)11(15)9(6)13/h3-4,13,15H,1-2H3. The van der Waals surface area contributed by atoms with Gasteiger partial charge in [0.25, 0.3) is 5.78 Å². The zero-order valence-electron chi connectivity index (χ0n) is 9.68. The second kappa shape index (κ2) is 4.06. The third-order valence-electron chi connectivity index (χ3n) is 2.66. The number of benzene rings is 1. The van der Waals surface area contributed by atoms with Crippen LogP contribution in [0.25, 0.3) is 5.76 Å². The van der Waals surface area contributed by atoms with Gasteiger partial charge in [0.2, 0.25) is 11.5 Å². The number of hydrogen-bond acceptors (Lipinski definition) is 6. The number of methoxy groups -OCH3 is 2. The van der Waals surface area contributed by atoms with Gasteiger partial charge in [-0.25, -0.2) is 0 Å². The fourth-order valence-corrected chi connectivity index (χ4v) is 1.75. The van der Waals surface area contributed by atoms with Crippen molar-refractivity contribution in [2.24, 2.45) is 0 Å². The Morgan fingerprint density at radius 3 is 2.17 bits per heavy atom. The normalized spacial score (nSPS) is 14.6. The predicted molar refractivity (Wildman–Crippen MR) is 61.1 cm³/mol. The molecule has 1 aliphatic rings. The summed E-state index contributed by atoms with van der Waals surface area (Å²) < 4.78 is 9.97. The first-order valence-electron chi connectivity index (χ1n) is 4.98. The van der Waals surface area contributed by atoms with Crippen molar-refractivity contribution < 1.29 is 29.3 Å².